The highest BCUT2D eigenvalue weighted by Gasteiger charge is 2.53. The molecular weight excluding hydrogens is 524 g/mol. The Hall–Kier alpha value is -2.52. The van der Waals surface area contributed by atoms with E-state index < -0.39 is 79.1 Å². The second-order valence-corrected chi connectivity index (χ2v) is 8.46. The number of halogens is 1. The smallest absolute Gasteiger partial charge is 0.303 e. The van der Waals surface area contributed by atoms with Gasteiger partial charge in [0.25, 0.3) is 0 Å². The number of hydrogen-bond donors (Lipinski definition) is 0. The molecule has 0 N–H and O–H groups in total. The van der Waals surface area contributed by atoms with Crippen LogP contribution in [0, 0.1) is 0 Å². The quantitative estimate of drug-likeness (QED) is 0.179. The maximum absolute atomic E-state index is 11.8. The average Bonchev–Trinajstić information content (AvgIpc) is 3.25. The van der Waals surface area contributed by atoms with Gasteiger partial charge in [-0.2, -0.15) is 0 Å². The van der Waals surface area contributed by atoms with E-state index in [9.17, 15) is 24.0 Å². The molecule has 0 spiro atoms. The van der Waals surface area contributed by atoms with E-state index in [0.717, 1.165) is 20.8 Å². The van der Waals surface area contributed by atoms with E-state index in [2.05, 4.69) is 0 Å². The fraction of sp³-hybridized carbons (Fsp3) is 0.773. The van der Waals surface area contributed by atoms with E-state index in [-0.39, 0.29) is 25.7 Å². The summed E-state index contributed by atoms with van der Waals surface area (Å²) in [7, 11) is 0. The van der Waals surface area contributed by atoms with Crippen LogP contribution in [-0.4, -0.2) is 105 Å². The van der Waals surface area contributed by atoms with Crippen molar-refractivity contribution in [3.8, 4) is 0 Å². The molecule has 0 radical (unpaired) electrons. The lowest BCUT2D eigenvalue weighted by molar-refractivity contribution is -0.213. The van der Waals surface area contributed by atoms with E-state index in [1.807, 2.05) is 0 Å². The first-order valence-electron chi connectivity index (χ1n) is 11.3. The molecule has 0 aromatic rings. The van der Waals surface area contributed by atoms with Crippen LogP contribution in [-0.2, 0) is 66.6 Å². The Kier molecular flexibility index (Phi) is 12.0. The zero-order valence-electron chi connectivity index (χ0n) is 21.0. The number of alkyl halides is 1. The molecule has 210 valence electrons. The second-order valence-electron chi connectivity index (χ2n) is 8.08. The summed E-state index contributed by atoms with van der Waals surface area (Å²) in [4.78, 5) is 58.1. The molecule has 14 nitrogen and oxygen atoms in total. The molecule has 0 aromatic heterocycles. The molecule has 2 saturated heterocycles. The standard InChI is InChI=1S/C22H31ClO14/c1-10(24)30-8-15-17(32-11(2)25)20(35-14(5)28)22(37-15)31-9-16-18(33-12(3)26)19(34-13(4)27)21(36-16)29-7-6-23/h15-22H,6-9H2,1-5H3/t15-,16-,17-,18-,19-,20-,21-,22-/m1/s1. The van der Waals surface area contributed by atoms with E-state index in [4.69, 9.17) is 54.2 Å². The van der Waals surface area contributed by atoms with Gasteiger partial charge in [0, 0.05) is 40.5 Å². The van der Waals surface area contributed by atoms with E-state index in [0.29, 0.717) is 0 Å². The highest BCUT2D eigenvalue weighted by Crippen LogP contribution is 2.32. The Morgan fingerprint density at radius 2 is 1.00 bits per heavy atom. The summed E-state index contributed by atoms with van der Waals surface area (Å²) in [5, 5.41) is 0. The van der Waals surface area contributed by atoms with Crippen molar-refractivity contribution >= 4 is 41.4 Å². The van der Waals surface area contributed by atoms with Crippen molar-refractivity contribution in [1.29, 1.82) is 0 Å². The minimum absolute atomic E-state index is 0.0481. The van der Waals surface area contributed by atoms with Crippen molar-refractivity contribution in [2.75, 3.05) is 25.7 Å². The van der Waals surface area contributed by atoms with Crippen LogP contribution in [0.4, 0.5) is 0 Å². The maximum Gasteiger partial charge on any atom is 0.303 e. The van der Waals surface area contributed by atoms with Gasteiger partial charge in [0.15, 0.2) is 37.0 Å². The summed E-state index contributed by atoms with van der Waals surface area (Å²) in [5.74, 6) is -3.25. The fourth-order valence-corrected chi connectivity index (χ4v) is 3.86. The second kappa shape index (κ2) is 14.4. The summed E-state index contributed by atoms with van der Waals surface area (Å²) in [6.45, 7) is 5.21. The minimum Gasteiger partial charge on any atom is -0.463 e. The third-order valence-electron chi connectivity index (χ3n) is 4.98. The molecule has 0 bridgehead atoms. The number of ether oxygens (including phenoxy) is 9. The normalized spacial score (nSPS) is 30.9. The van der Waals surface area contributed by atoms with Crippen LogP contribution in [0.25, 0.3) is 0 Å². The van der Waals surface area contributed by atoms with E-state index in [1.54, 1.807) is 0 Å². The third-order valence-corrected chi connectivity index (χ3v) is 5.13. The Balaban J connectivity index is 2.23. The third kappa shape index (κ3) is 9.38. The van der Waals surface area contributed by atoms with Crippen LogP contribution in [0.15, 0.2) is 0 Å². The molecule has 2 aliphatic heterocycles. The summed E-state index contributed by atoms with van der Waals surface area (Å²) in [6, 6.07) is 0. The lowest BCUT2D eigenvalue weighted by Crippen LogP contribution is -2.44. The van der Waals surface area contributed by atoms with Gasteiger partial charge in [-0.05, 0) is 0 Å². The predicted molar refractivity (Wildman–Crippen MR) is 119 cm³/mol. The highest BCUT2D eigenvalue weighted by molar-refractivity contribution is 6.17. The van der Waals surface area contributed by atoms with E-state index >= 15 is 0 Å². The molecule has 0 aliphatic carbocycles. The maximum atomic E-state index is 11.8. The van der Waals surface area contributed by atoms with Crippen molar-refractivity contribution in [3.05, 3.63) is 0 Å². The molecule has 2 aliphatic rings. The van der Waals surface area contributed by atoms with Gasteiger partial charge in [-0.1, -0.05) is 0 Å². The molecule has 0 aromatic carbocycles. The molecule has 2 heterocycles. The van der Waals surface area contributed by atoms with Gasteiger partial charge >= 0.3 is 29.8 Å². The van der Waals surface area contributed by atoms with Gasteiger partial charge in [0.1, 0.15) is 18.8 Å². The Bertz CT molecular complexity index is 834. The molecule has 0 unspecified atom stereocenters. The summed E-state index contributed by atoms with van der Waals surface area (Å²) < 4.78 is 49.0. The number of carbonyl (C=O) groups excluding carboxylic acids is 5. The molecule has 8 atom stereocenters. The van der Waals surface area contributed by atoms with Gasteiger partial charge in [-0.3, -0.25) is 24.0 Å². The van der Waals surface area contributed by atoms with Crippen molar-refractivity contribution in [3.63, 3.8) is 0 Å². The van der Waals surface area contributed by atoms with Crippen molar-refractivity contribution in [1.82, 2.24) is 0 Å². The van der Waals surface area contributed by atoms with Gasteiger partial charge in [-0.15, -0.1) is 11.6 Å². The van der Waals surface area contributed by atoms with Gasteiger partial charge in [0.05, 0.1) is 13.2 Å². The molecule has 2 fully saturated rings. The van der Waals surface area contributed by atoms with Crippen molar-refractivity contribution < 1.29 is 66.6 Å². The largest absolute Gasteiger partial charge is 0.463 e. The fourth-order valence-electron chi connectivity index (χ4n) is 3.77. The molecule has 15 heteroatoms. The summed E-state index contributed by atoms with van der Waals surface area (Å²) in [5.41, 5.74) is 0. The first-order chi connectivity index (χ1) is 17.4. The first kappa shape index (κ1) is 30.7. The Labute approximate surface area is 218 Å². The van der Waals surface area contributed by atoms with Gasteiger partial charge < -0.3 is 42.6 Å². The summed E-state index contributed by atoms with van der Waals surface area (Å²) >= 11 is 5.68. The van der Waals surface area contributed by atoms with Crippen molar-refractivity contribution in [2.24, 2.45) is 0 Å². The molecule has 2 rings (SSSR count). The number of rotatable bonds is 12. The zero-order valence-corrected chi connectivity index (χ0v) is 21.8. The first-order valence-corrected chi connectivity index (χ1v) is 11.9. The van der Waals surface area contributed by atoms with Crippen LogP contribution in [0.5, 0.6) is 0 Å². The van der Waals surface area contributed by atoms with Crippen molar-refractivity contribution in [2.45, 2.75) is 83.8 Å². The highest BCUT2D eigenvalue weighted by atomic mass is 35.5. The van der Waals surface area contributed by atoms with Gasteiger partial charge in [-0.25, -0.2) is 0 Å². The number of hydrogen-bond acceptors (Lipinski definition) is 14. The SMILES string of the molecule is CC(=O)OC[C@H]1O[C@@H](OC[C@H]2O[C@@H](OCCCl)[C@H](OC(C)=O)[C@@H]2OC(C)=O)[C@H](OC(C)=O)[C@@H]1OC(C)=O. The predicted octanol–water partition coefficient (Wildman–Crippen LogP) is -0.00190. The Morgan fingerprint density at radius 1 is 0.595 bits per heavy atom. The van der Waals surface area contributed by atoms with Gasteiger partial charge in [0.2, 0.25) is 0 Å². The lowest BCUT2D eigenvalue weighted by Gasteiger charge is -2.25. The minimum atomic E-state index is -1.30. The van der Waals surface area contributed by atoms with Crippen LogP contribution in [0.3, 0.4) is 0 Å². The average molecular weight is 555 g/mol. The lowest BCUT2D eigenvalue weighted by atomic mass is 10.1. The summed E-state index contributed by atoms with van der Waals surface area (Å²) in [6.07, 6.45) is -9.12. The molecule has 0 saturated carbocycles. The number of esters is 5. The topological polar surface area (TPSA) is 168 Å². The van der Waals surface area contributed by atoms with Crippen LogP contribution >= 0.6 is 11.6 Å². The van der Waals surface area contributed by atoms with Crippen LogP contribution in [0.1, 0.15) is 34.6 Å². The molecular formula is C22H31ClO14. The monoisotopic (exact) mass is 554 g/mol. The Morgan fingerprint density at radius 3 is 1.41 bits per heavy atom. The van der Waals surface area contributed by atoms with Crippen LogP contribution < -0.4 is 0 Å². The van der Waals surface area contributed by atoms with Crippen LogP contribution in [0.2, 0.25) is 0 Å². The van der Waals surface area contributed by atoms with E-state index in [1.165, 1.54) is 13.8 Å². The molecule has 37 heavy (non-hydrogen) atoms. The number of carbonyl (C=O) groups is 5. The zero-order chi connectivity index (χ0) is 27.7. The molecule has 0 amide bonds.